The molecule has 1 atom stereocenters. The van der Waals surface area contributed by atoms with E-state index < -0.39 is 13.5 Å². The van der Waals surface area contributed by atoms with E-state index in [1.807, 2.05) is 5.09 Å². The molecule has 0 aliphatic heterocycles. The molecule has 0 aliphatic rings. The maximum Gasteiger partial charge on any atom is 0.427 e. The predicted octanol–water partition coefficient (Wildman–Crippen LogP) is 2.98. The van der Waals surface area contributed by atoms with Gasteiger partial charge in [-0.3, -0.25) is 9.88 Å². The molecule has 5 N–H and O–H groups in total. The van der Waals surface area contributed by atoms with E-state index >= 15 is 0 Å². The fourth-order valence-corrected chi connectivity index (χ4v) is 2.91. The number of rotatable bonds is 6. The van der Waals surface area contributed by atoms with Crippen molar-refractivity contribution in [3.63, 3.8) is 0 Å². The first-order valence-corrected chi connectivity index (χ1v) is 8.76. The van der Waals surface area contributed by atoms with Crippen molar-refractivity contribution in [2.45, 2.75) is 19.3 Å². The minimum absolute atomic E-state index is 0.00311. The van der Waals surface area contributed by atoms with E-state index in [1.165, 1.54) is 30.3 Å². The van der Waals surface area contributed by atoms with Crippen LogP contribution in [0.15, 0.2) is 42.5 Å². The molecule has 0 aliphatic carbocycles. The van der Waals surface area contributed by atoms with Crippen molar-refractivity contribution in [3.8, 4) is 11.5 Å². The molecule has 0 saturated heterocycles. The molecule has 8 heteroatoms. The third-order valence-corrected chi connectivity index (χ3v) is 4.05. The largest absolute Gasteiger partial charge is 0.508 e. The maximum atomic E-state index is 12.5. The van der Waals surface area contributed by atoms with E-state index in [-0.39, 0.29) is 35.1 Å². The molecule has 128 valence electrons. The molecule has 0 saturated carbocycles. The van der Waals surface area contributed by atoms with Crippen LogP contribution in [0.3, 0.4) is 0 Å². The molecular weight excluding hydrogens is 333 g/mol. The van der Waals surface area contributed by atoms with E-state index in [2.05, 4.69) is 0 Å². The van der Waals surface area contributed by atoms with Gasteiger partial charge in [0.2, 0.25) is 0 Å². The van der Waals surface area contributed by atoms with Gasteiger partial charge in [0.05, 0.1) is 11.3 Å². The third-order valence-electron chi connectivity index (χ3n) is 3.52. The van der Waals surface area contributed by atoms with E-state index in [0.29, 0.717) is 0 Å². The van der Waals surface area contributed by atoms with Gasteiger partial charge in [-0.05, 0) is 35.7 Å². The van der Waals surface area contributed by atoms with Gasteiger partial charge >= 0.3 is 7.75 Å². The number of hydrogen-bond acceptors (Lipinski definition) is 4. The molecule has 1 unspecified atom stereocenters. The maximum absolute atomic E-state index is 12.5. The average Bonchev–Trinajstić information content (AvgIpc) is 2.45. The first-order valence-electron chi connectivity index (χ1n) is 7.15. The van der Waals surface area contributed by atoms with Crippen LogP contribution in [0.2, 0.25) is 0 Å². The molecule has 2 aromatic carbocycles. The van der Waals surface area contributed by atoms with Crippen LogP contribution in [0.5, 0.6) is 11.5 Å². The highest BCUT2D eigenvalue weighted by molar-refractivity contribution is 7.53. The topological polar surface area (TPSA) is 127 Å². The smallest absolute Gasteiger partial charge is 0.427 e. The molecule has 0 heterocycles. The first kappa shape index (κ1) is 18.0. The number of phenols is 2. The zero-order valence-corrected chi connectivity index (χ0v) is 13.8. The summed E-state index contributed by atoms with van der Waals surface area (Å²) < 4.78 is 11.1. The highest BCUT2D eigenvalue weighted by Crippen LogP contribution is 2.39. The lowest BCUT2D eigenvalue weighted by molar-refractivity contribution is 0.0974. The highest BCUT2D eigenvalue weighted by Gasteiger charge is 2.23. The number of Topliss-reactive ketones (excluding diaryl/α,β-unsaturated/α-hetero) is 1. The van der Waals surface area contributed by atoms with Crippen LogP contribution in [-0.2, 0) is 4.57 Å². The molecule has 24 heavy (non-hydrogen) atoms. The summed E-state index contributed by atoms with van der Waals surface area (Å²) in [6.45, 7) is 1.78. The number of phenolic OH excluding ortho intramolecular Hbond substituents is 2. The molecule has 0 spiro atoms. The second kappa shape index (κ2) is 7.05. The zero-order chi connectivity index (χ0) is 17.9. The molecule has 0 amide bonds. The monoisotopic (exact) mass is 351 g/mol. The van der Waals surface area contributed by atoms with Crippen molar-refractivity contribution >= 4 is 19.2 Å². The van der Waals surface area contributed by atoms with Gasteiger partial charge in [0.25, 0.3) is 0 Å². The third kappa shape index (κ3) is 4.58. The van der Waals surface area contributed by atoms with Gasteiger partial charge in [-0.2, -0.15) is 0 Å². The van der Waals surface area contributed by atoms with Gasteiger partial charge in [-0.1, -0.05) is 25.1 Å². The Labute approximate surface area is 138 Å². The molecular formula is C16H18NO6P. The second-order valence-electron chi connectivity index (χ2n) is 5.48. The van der Waals surface area contributed by atoms with E-state index in [4.69, 9.17) is 9.79 Å². The normalized spacial score (nSPS) is 12.6. The number of ketones is 1. The van der Waals surface area contributed by atoms with Crippen molar-refractivity contribution in [2.75, 3.05) is 5.09 Å². The summed E-state index contributed by atoms with van der Waals surface area (Å²) in [5.74, 6) is -1.01. The van der Waals surface area contributed by atoms with Crippen LogP contribution in [0.1, 0.15) is 35.2 Å². The van der Waals surface area contributed by atoms with Crippen LogP contribution >= 0.6 is 7.75 Å². The van der Waals surface area contributed by atoms with Gasteiger partial charge < -0.3 is 20.0 Å². The molecule has 2 aromatic rings. The Morgan fingerprint density at radius 3 is 2.46 bits per heavy atom. The Bertz CT molecular complexity index is 801. The fraction of sp³-hybridized carbons (Fsp3) is 0.188. The summed E-state index contributed by atoms with van der Waals surface area (Å²) in [6, 6.07) is 10.4. The molecule has 0 fully saturated rings. The van der Waals surface area contributed by atoms with Crippen molar-refractivity contribution < 1.29 is 29.4 Å². The summed E-state index contributed by atoms with van der Waals surface area (Å²) in [4.78, 5) is 30.6. The number of hydrogen-bond donors (Lipinski definition) is 5. The van der Waals surface area contributed by atoms with Gasteiger partial charge in [0.1, 0.15) is 11.5 Å². The first-order chi connectivity index (χ1) is 11.2. The Hall–Kier alpha value is -2.34. The summed E-state index contributed by atoms with van der Waals surface area (Å²) in [5.41, 5.74) is 0.438. The van der Waals surface area contributed by atoms with Crippen LogP contribution in [-0.4, -0.2) is 25.8 Å². The lowest BCUT2D eigenvalue weighted by Gasteiger charge is -2.16. The van der Waals surface area contributed by atoms with Crippen LogP contribution in [0.4, 0.5) is 5.69 Å². The lowest BCUT2D eigenvalue weighted by Crippen LogP contribution is -2.09. The number of aromatic hydroxyl groups is 2. The van der Waals surface area contributed by atoms with E-state index in [1.54, 1.807) is 19.1 Å². The molecule has 0 aromatic heterocycles. The zero-order valence-electron chi connectivity index (χ0n) is 12.9. The number of anilines is 1. The van der Waals surface area contributed by atoms with Crippen molar-refractivity contribution in [1.29, 1.82) is 0 Å². The van der Waals surface area contributed by atoms with Crippen molar-refractivity contribution in [2.24, 2.45) is 0 Å². The molecule has 0 radical (unpaired) electrons. The minimum Gasteiger partial charge on any atom is -0.508 e. The summed E-state index contributed by atoms with van der Waals surface area (Å²) in [6.07, 6.45) is -0.00311. The van der Waals surface area contributed by atoms with Crippen molar-refractivity contribution in [3.05, 3.63) is 53.6 Å². The molecule has 2 rings (SSSR count). The number of nitrogens with one attached hydrogen (secondary N) is 1. The SMILES string of the molecule is CC(CC(=O)c1c(O)cccc1NP(=O)(O)O)c1cccc(O)c1. The van der Waals surface area contributed by atoms with Crippen LogP contribution in [0.25, 0.3) is 0 Å². The van der Waals surface area contributed by atoms with Gasteiger partial charge in [0.15, 0.2) is 5.78 Å². The Morgan fingerprint density at radius 1 is 1.17 bits per heavy atom. The summed E-state index contributed by atoms with van der Waals surface area (Å²) in [5, 5.41) is 21.4. The number of carbonyl (C=O) groups is 1. The Kier molecular flexibility index (Phi) is 5.29. The average molecular weight is 351 g/mol. The van der Waals surface area contributed by atoms with Crippen LogP contribution in [0, 0.1) is 0 Å². The predicted molar refractivity (Wildman–Crippen MR) is 89.2 cm³/mol. The number of carbonyl (C=O) groups excluding carboxylic acids is 1. The summed E-state index contributed by atoms with van der Waals surface area (Å²) >= 11 is 0. The van der Waals surface area contributed by atoms with E-state index in [0.717, 1.165) is 5.56 Å². The fourth-order valence-electron chi connectivity index (χ4n) is 2.41. The van der Waals surface area contributed by atoms with Gasteiger partial charge in [-0.25, -0.2) is 4.57 Å². The standard InChI is InChI=1S/C16H18NO6P/c1-10(11-4-2-5-12(18)9-11)8-15(20)16-13(17-24(21,22)23)6-3-7-14(16)19/h2-7,9-10,18-19H,8H2,1H3,(H3,17,21,22,23). The Balaban J connectivity index is 2.28. The van der Waals surface area contributed by atoms with Gasteiger partial charge in [0, 0.05) is 6.42 Å². The molecule has 7 nitrogen and oxygen atoms in total. The Morgan fingerprint density at radius 2 is 1.83 bits per heavy atom. The minimum atomic E-state index is -4.62. The van der Waals surface area contributed by atoms with Crippen molar-refractivity contribution in [1.82, 2.24) is 0 Å². The number of benzene rings is 2. The lowest BCUT2D eigenvalue weighted by atomic mass is 9.92. The molecule has 0 bridgehead atoms. The quantitative estimate of drug-likeness (QED) is 0.400. The van der Waals surface area contributed by atoms with Crippen LogP contribution < -0.4 is 5.09 Å². The summed E-state index contributed by atoms with van der Waals surface area (Å²) in [7, 11) is -4.62. The highest BCUT2D eigenvalue weighted by atomic mass is 31.2. The second-order valence-corrected chi connectivity index (χ2v) is 6.79. The van der Waals surface area contributed by atoms with Gasteiger partial charge in [-0.15, -0.1) is 0 Å². The van der Waals surface area contributed by atoms with E-state index in [9.17, 15) is 19.6 Å².